The average Bonchev–Trinajstić information content (AvgIpc) is 2.66. The van der Waals surface area contributed by atoms with E-state index in [1.54, 1.807) is 24.3 Å². The zero-order valence-electron chi connectivity index (χ0n) is 15.7. The monoisotopic (exact) mass is 372 g/mol. The quantitative estimate of drug-likeness (QED) is 0.737. The third-order valence-electron chi connectivity index (χ3n) is 3.70. The van der Waals surface area contributed by atoms with Crippen molar-refractivity contribution in [3.63, 3.8) is 0 Å². The Bertz CT molecular complexity index is 761. The molecule has 0 bridgehead atoms. The minimum Gasteiger partial charge on any atom is -0.453 e. The summed E-state index contributed by atoms with van der Waals surface area (Å²) in [4.78, 5) is 25.5. The Labute approximate surface area is 158 Å². The molecule has 7 nitrogen and oxygen atoms in total. The zero-order chi connectivity index (χ0) is 19.6. The van der Waals surface area contributed by atoms with E-state index in [2.05, 4.69) is 10.1 Å². The van der Waals surface area contributed by atoms with Crippen molar-refractivity contribution in [1.29, 1.82) is 0 Å². The van der Waals surface area contributed by atoms with Crippen molar-refractivity contribution in [3.8, 4) is 5.75 Å². The number of aryl methyl sites for hydroxylation is 1. The van der Waals surface area contributed by atoms with Crippen LogP contribution in [0, 0.1) is 6.92 Å². The predicted octanol–water partition coefficient (Wildman–Crippen LogP) is 4.22. The Morgan fingerprint density at radius 1 is 1.11 bits per heavy atom. The highest BCUT2D eigenvalue weighted by Crippen LogP contribution is 2.21. The molecule has 0 fully saturated rings. The van der Waals surface area contributed by atoms with Gasteiger partial charge in [-0.15, -0.1) is 0 Å². The smallest absolute Gasteiger partial charge is 0.419 e. The number of anilines is 2. The molecule has 0 atom stereocenters. The largest absolute Gasteiger partial charge is 0.453 e. The van der Waals surface area contributed by atoms with Crippen LogP contribution in [0.2, 0.25) is 0 Å². The number of benzene rings is 2. The van der Waals surface area contributed by atoms with E-state index in [0.29, 0.717) is 36.9 Å². The SMILES string of the molecule is CCOCCN(C(=O)Oc1cccc(NC(=O)OC)c1)c1ccc(C)cc1. The molecule has 0 aliphatic heterocycles. The Balaban J connectivity index is 2.13. The number of carbonyl (C=O) groups excluding carboxylic acids is 2. The molecular weight excluding hydrogens is 348 g/mol. The van der Waals surface area contributed by atoms with Gasteiger partial charge in [-0.3, -0.25) is 10.2 Å². The molecule has 7 heteroatoms. The van der Waals surface area contributed by atoms with Crippen molar-refractivity contribution in [2.75, 3.05) is 37.1 Å². The molecule has 0 aliphatic rings. The molecule has 1 N–H and O–H groups in total. The summed E-state index contributed by atoms with van der Waals surface area (Å²) in [5.41, 5.74) is 2.27. The molecule has 0 radical (unpaired) electrons. The standard InChI is InChI=1S/C20H24N2O5/c1-4-26-13-12-22(17-10-8-15(2)9-11-17)20(24)27-18-7-5-6-16(14-18)21-19(23)25-3/h5-11,14H,4,12-13H2,1-3H3,(H,21,23). The summed E-state index contributed by atoms with van der Waals surface area (Å²) in [5, 5.41) is 2.53. The summed E-state index contributed by atoms with van der Waals surface area (Å²) in [6, 6.07) is 14.1. The van der Waals surface area contributed by atoms with Crippen molar-refractivity contribution in [3.05, 3.63) is 54.1 Å². The first-order valence-corrected chi connectivity index (χ1v) is 8.62. The number of nitrogens with zero attached hydrogens (tertiary/aromatic N) is 1. The predicted molar refractivity (Wildman–Crippen MR) is 104 cm³/mol. The fourth-order valence-electron chi connectivity index (χ4n) is 2.31. The van der Waals surface area contributed by atoms with Gasteiger partial charge in [0.25, 0.3) is 0 Å². The summed E-state index contributed by atoms with van der Waals surface area (Å²) >= 11 is 0. The summed E-state index contributed by atoms with van der Waals surface area (Å²) in [5.74, 6) is 0.308. The van der Waals surface area contributed by atoms with Crippen LogP contribution in [0.1, 0.15) is 12.5 Å². The van der Waals surface area contributed by atoms with Crippen LogP contribution >= 0.6 is 0 Å². The first kappa shape index (κ1) is 20.3. The summed E-state index contributed by atoms with van der Waals surface area (Å²) in [7, 11) is 1.27. The van der Waals surface area contributed by atoms with Crippen LogP contribution in [0.4, 0.5) is 21.0 Å². The van der Waals surface area contributed by atoms with E-state index in [4.69, 9.17) is 9.47 Å². The number of rotatable bonds is 7. The Morgan fingerprint density at radius 2 is 1.85 bits per heavy atom. The van der Waals surface area contributed by atoms with Gasteiger partial charge in [-0.1, -0.05) is 23.8 Å². The van der Waals surface area contributed by atoms with Crippen molar-refractivity contribution in [1.82, 2.24) is 0 Å². The maximum atomic E-state index is 12.7. The van der Waals surface area contributed by atoms with Gasteiger partial charge < -0.3 is 14.2 Å². The lowest BCUT2D eigenvalue weighted by atomic mass is 10.2. The van der Waals surface area contributed by atoms with E-state index in [0.717, 1.165) is 5.56 Å². The molecular formula is C20H24N2O5. The van der Waals surface area contributed by atoms with Gasteiger partial charge >= 0.3 is 12.2 Å². The second kappa shape index (κ2) is 10.2. The van der Waals surface area contributed by atoms with Crippen LogP contribution in [0.25, 0.3) is 0 Å². The summed E-state index contributed by atoms with van der Waals surface area (Å²) in [6.45, 7) is 5.19. The summed E-state index contributed by atoms with van der Waals surface area (Å²) in [6.07, 6.45) is -1.13. The van der Waals surface area contributed by atoms with Crippen LogP contribution in [0.15, 0.2) is 48.5 Å². The highest BCUT2D eigenvalue weighted by Gasteiger charge is 2.18. The van der Waals surface area contributed by atoms with Crippen LogP contribution in [-0.4, -0.2) is 39.1 Å². The first-order chi connectivity index (χ1) is 13.0. The lowest BCUT2D eigenvalue weighted by molar-refractivity contribution is 0.151. The van der Waals surface area contributed by atoms with Gasteiger partial charge in [-0.25, -0.2) is 9.59 Å². The molecule has 0 saturated carbocycles. The second-order valence-electron chi connectivity index (χ2n) is 5.70. The van der Waals surface area contributed by atoms with Crippen molar-refractivity contribution < 1.29 is 23.8 Å². The Morgan fingerprint density at radius 3 is 2.52 bits per heavy atom. The molecule has 0 unspecified atom stereocenters. The molecule has 2 aromatic rings. The Kier molecular flexibility index (Phi) is 7.63. The fourth-order valence-corrected chi connectivity index (χ4v) is 2.31. The van der Waals surface area contributed by atoms with Crippen LogP contribution < -0.4 is 15.0 Å². The molecule has 0 saturated heterocycles. The maximum absolute atomic E-state index is 12.7. The normalized spacial score (nSPS) is 10.2. The third kappa shape index (κ3) is 6.31. The molecule has 2 aromatic carbocycles. The number of methoxy groups -OCH3 is 1. The van der Waals surface area contributed by atoms with E-state index in [1.807, 2.05) is 38.1 Å². The molecule has 144 valence electrons. The van der Waals surface area contributed by atoms with Gasteiger partial charge in [0.15, 0.2) is 0 Å². The van der Waals surface area contributed by atoms with E-state index < -0.39 is 12.2 Å². The highest BCUT2D eigenvalue weighted by atomic mass is 16.6. The Hall–Kier alpha value is -3.06. The molecule has 2 rings (SSSR count). The topological polar surface area (TPSA) is 77.1 Å². The second-order valence-corrected chi connectivity index (χ2v) is 5.70. The lowest BCUT2D eigenvalue weighted by Crippen LogP contribution is -2.36. The van der Waals surface area contributed by atoms with E-state index >= 15 is 0 Å². The van der Waals surface area contributed by atoms with Crippen LogP contribution in [0.5, 0.6) is 5.75 Å². The number of hydrogen-bond acceptors (Lipinski definition) is 5. The first-order valence-electron chi connectivity index (χ1n) is 8.62. The van der Waals surface area contributed by atoms with Crippen LogP contribution in [0.3, 0.4) is 0 Å². The van der Waals surface area contributed by atoms with E-state index in [1.165, 1.54) is 12.0 Å². The number of amides is 2. The van der Waals surface area contributed by atoms with Gasteiger partial charge in [-0.2, -0.15) is 0 Å². The fraction of sp³-hybridized carbons (Fsp3) is 0.300. The lowest BCUT2D eigenvalue weighted by Gasteiger charge is -2.22. The van der Waals surface area contributed by atoms with Gasteiger partial charge in [-0.05, 0) is 38.1 Å². The number of carbonyl (C=O) groups is 2. The number of hydrogen-bond donors (Lipinski definition) is 1. The van der Waals surface area contributed by atoms with Crippen LogP contribution in [-0.2, 0) is 9.47 Å². The minimum atomic E-state index is -0.600. The molecule has 0 aliphatic carbocycles. The highest BCUT2D eigenvalue weighted by molar-refractivity contribution is 5.89. The number of nitrogens with one attached hydrogen (secondary N) is 1. The minimum absolute atomic E-state index is 0.308. The van der Waals surface area contributed by atoms with Gasteiger partial charge in [0.05, 0.1) is 20.3 Å². The van der Waals surface area contributed by atoms with Crippen molar-refractivity contribution in [2.45, 2.75) is 13.8 Å². The number of ether oxygens (including phenoxy) is 3. The van der Waals surface area contributed by atoms with Crippen molar-refractivity contribution in [2.24, 2.45) is 0 Å². The molecule has 2 amide bonds. The van der Waals surface area contributed by atoms with Gasteiger partial charge in [0, 0.05) is 24.0 Å². The summed E-state index contributed by atoms with van der Waals surface area (Å²) < 4.78 is 15.4. The average molecular weight is 372 g/mol. The maximum Gasteiger partial charge on any atom is 0.419 e. The van der Waals surface area contributed by atoms with E-state index in [9.17, 15) is 9.59 Å². The van der Waals surface area contributed by atoms with E-state index in [-0.39, 0.29) is 0 Å². The molecule has 0 aromatic heterocycles. The molecule has 0 spiro atoms. The van der Waals surface area contributed by atoms with Gasteiger partial charge in [0.2, 0.25) is 0 Å². The van der Waals surface area contributed by atoms with Crippen molar-refractivity contribution >= 4 is 23.6 Å². The molecule has 27 heavy (non-hydrogen) atoms. The van der Waals surface area contributed by atoms with Gasteiger partial charge in [0.1, 0.15) is 5.75 Å². The zero-order valence-corrected chi connectivity index (χ0v) is 15.7. The molecule has 0 heterocycles. The third-order valence-corrected chi connectivity index (χ3v) is 3.70.